The molecule has 2 aromatic carbocycles. The van der Waals surface area contributed by atoms with Gasteiger partial charge < -0.3 is 24.3 Å². The van der Waals surface area contributed by atoms with E-state index in [0.29, 0.717) is 11.3 Å². The summed E-state index contributed by atoms with van der Waals surface area (Å²) >= 11 is 0. The van der Waals surface area contributed by atoms with Crippen LogP contribution in [0, 0.1) is 0 Å². The van der Waals surface area contributed by atoms with Gasteiger partial charge in [0, 0.05) is 0 Å². The van der Waals surface area contributed by atoms with Gasteiger partial charge in [0.25, 0.3) is 0 Å². The number of amides is 1. The summed E-state index contributed by atoms with van der Waals surface area (Å²) < 4.78 is 21.4. The van der Waals surface area contributed by atoms with Crippen molar-refractivity contribution in [2.45, 2.75) is 32.5 Å². The number of nitrogens with one attached hydrogen (secondary N) is 1. The summed E-state index contributed by atoms with van der Waals surface area (Å²) in [6.45, 7) is 5.60. The number of alkyl carbamates (subject to hydrolysis) is 1. The van der Waals surface area contributed by atoms with Crippen molar-refractivity contribution in [2.75, 3.05) is 20.4 Å². The van der Waals surface area contributed by atoms with Gasteiger partial charge in [-0.15, -0.1) is 0 Å². The molecule has 2 rings (SSSR count). The van der Waals surface area contributed by atoms with Crippen molar-refractivity contribution in [3.05, 3.63) is 65.7 Å². The zero-order valence-electron chi connectivity index (χ0n) is 17.1. The minimum Gasteiger partial charge on any atom is -0.468 e. The average molecular weight is 401 g/mol. The molecule has 7 nitrogen and oxygen atoms in total. The first kappa shape index (κ1) is 22.2. The fraction of sp³-hybridized carbons (Fsp3) is 0.364. The first-order valence-corrected chi connectivity index (χ1v) is 9.23. The molecule has 1 amide bonds. The molecule has 0 aliphatic rings. The number of benzene rings is 2. The minimum atomic E-state index is -0.577. The lowest BCUT2D eigenvalue weighted by molar-refractivity contribution is -0.0379. The van der Waals surface area contributed by atoms with E-state index in [-0.39, 0.29) is 13.3 Å². The number of ether oxygens (including phenoxy) is 4. The van der Waals surface area contributed by atoms with Crippen molar-refractivity contribution in [3.8, 4) is 5.75 Å². The summed E-state index contributed by atoms with van der Waals surface area (Å²) in [5.74, 6) is 0.134. The van der Waals surface area contributed by atoms with Gasteiger partial charge in [0.1, 0.15) is 17.5 Å². The second kappa shape index (κ2) is 10.5. The Bertz CT molecular complexity index is 783. The van der Waals surface area contributed by atoms with Crippen LogP contribution in [0.2, 0.25) is 0 Å². The van der Waals surface area contributed by atoms with Gasteiger partial charge in [0.2, 0.25) is 0 Å². The number of esters is 1. The normalized spacial score (nSPS) is 12.0. The van der Waals surface area contributed by atoms with E-state index in [9.17, 15) is 9.59 Å². The Balaban J connectivity index is 1.92. The van der Waals surface area contributed by atoms with E-state index in [1.807, 2.05) is 30.3 Å². The molecule has 0 fully saturated rings. The van der Waals surface area contributed by atoms with Crippen LogP contribution in [0.3, 0.4) is 0 Å². The second-order valence-electron chi connectivity index (χ2n) is 7.23. The van der Waals surface area contributed by atoms with E-state index < -0.39 is 23.8 Å². The average Bonchev–Trinajstić information content (AvgIpc) is 2.69. The maximum absolute atomic E-state index is 11.9. The maximum Gasteiger partial charge on any atom is 0.407 e. The Morgan fingerprint density at radius 2 is 1.66 bits per heavy atom. The Morgan fingerprint density at radius 3 is 2.24 bits per heavy atom. The lowest BCUT2D eigenvalue weighted by Crippen LogP contribution is -2.35. The highest BCUT2D eigenvalue weighted by Gasteiger charge is 2.19. The van der Waals surface area contributed by atoms with Crippen molar-refractivity contribution in [1.82, 2.24) is 5.32 Å². The SMILES string of the molecule is COC(=O)c1ccc(OCO[C@@H](CNC(=O)OC(C)(C)C)c2ccccc2)cc1. The Kier molecular flexibility index (Phi) is 8.03. The van der Waals surface area contributed by atoms with E-state index >= 15 is 0 Å². The third-order valence-electron chi connectivity index (χ3n) is 3.77. The predicted molar refractivity (Wildman–Crippen MR) is 108 cm³/mol. The standard InChI is InChI=1S/C22H27NO6/c1-22(2,3)29-21(25)23-14-19(16-8-6-5-7-9-16)28-15-27-18-12-10-17(11-13-18)20(24)26-4/h5-13,19H,14-15H2,1-4H3,(H,23,25)/t19-/m0/s1. The summed E-state index contributed by atoms with van der Waals surface area (Å²) in [6, 6.07) is 16.1. The monoisotopic (exact) mass is 401 g/mol. The van der Waals surface area contributed by atoms with E-state index in [0.717, 1.165) is 5.56 Å². The molecule has 0 aliphatic carbocycles. The second-order valence-corrected chi connectivity index (χ2v) is 7.23. The third kappa shape index (κ3) is 7.83. The topological polar surface area (TPSA) is 83.1 Å². The smallest absolute Gasteiger partial charge is 0.407 e. The van der Waals surface area contributed by atoms with Crippen molar-refractivity contribution >= 4 is 12.1 Å². The molecule has 0 aliphatic heterocycles. The highest BCUT2D eigenvalue weighted by atomic mass is 16.7. The minimum absolute atomic E-state index is 0.0346. The Labute approximate surface area is 170 Å². The van der Waals surface area contributed by atoms with Gasteiger partial charge in [-0.1, -0.05) is 30.3 Å². The molecule has 0 saturated carbocycles. The quantitative estimate of drug-likeness (QED) is 0.530. The fourth-order valence-electron chi connectivity index (χ4n) is 2.42. The van der Waals surface area contributed by atoms with E-state index in [1.54, 1.807) is 45.0 Å². The Hall–Kier alpha value is -3.06. The van der Waals surface area contributed by atoms with Gasteiger partial charge in [0.05, 0.1) is 19.2 Å². The van der Waals surface area contributed by atoms with Crippen LogP contribution in [-0.2, 0) is 14.2 Å². The summed E-state index contributed by atoms with van der Waals surface area (Å²) in [7, 11) is 1.33. The van der Waals surface area contributed by atoms with Gasteiger partial charge in [0.15, 0.2) is 6.79 Å². The van der Waals surface area contributed by atoms with Crippen molar-refractivity contribution in [2.24, 2.45) is 0 Å². The van der Waals surface area contributed by atoms with Crippen LogP contribution >= 0.6 is 0 Å². The molecular formula is C22H27NO6. The molecule has 156 valence electrons. The predicted octanol–water partition coefficient (Wildman–Crippen LogP) is 4.09. The van der Waals surface area contributed by atoms with Crippen LogP contribution in [0.15, 0.2) is 54.6 Å². The van der Waals surface area contributed by atoms with Gasteiger partial charge in [-0.2, -0.15) is 0 Å². The van der Waals surface area contributed by atoms with Crippen molar-refractivity contribution < 1.29 is 28.5 Å². The van der Waals surface area contributed by atoms with Gasteiger partial charge in [-0.3, -0.25) is 0 Å². The third-order valence-corrected chi connectivity index (χ3v) is 3.77. The van der Waals surface area contributed by atoms with Gasteiger partial charge >= 0.3 is 12.1 Å². The highest BCUT2D eigenvalue weighted by Crippen LogP contribution is 2.18. The number of rotatable bonds is 8. The molecule has 0 aromatic heterocycles. The first-order valence-electron chi connectivity index (χ1n) is 9.23. The molecule has 7 heteroatoms. The van der Waals surface area contributed by atoms with E-state index in [2.05, 4.69) is 10.1 Å². The van der Waals surface area contributed by atoms with Crippen molar-refractivity contribution in [3.63, 3.8) is 0 Å². The van der Waals surface area contributed by atoms with Crippen LogP contribution in [0.1, 0.15) is 42.8 Å². The van der Waals surface area contributed by atoms with E-state index in [1.165, 1.54) is 7.11 Å². The molecule has 0 unspecified atom stereocenters. The molecule has 0 radical (unpaired) electrons. The lowest BCUT2D eigenvalue weighted by Gasteiger charge is -2.22. The van der Waals surface area contributed by atoms with Gasteiger partial charge in [-0.05, 0) is 50.6 Å². The summed E-state index contributed by atoms with van der Waals surface area (Å²) in [5.41, 5.74) is 0.754. The largest absolute Gasteiger partial charge is 0.468 e. The molecular weight excluding hydrogens is 374 g/mol. The number of hydrogen-bond acceptors (Lipinski definition) is 6. The highest BCUT2D eigenvalue weighted by molar-refractivity contribution is 5.89. The molecule has 29 heavy (non-hydrogen) atoms. The number of carbonyl (C=O) groups is 2. The number of carbonyl (C=O) groups excluding carboxylic acids is 2. The summed E-state index contributed by atoms with van der Waals surface area (Å²) in [6.07, 6.45) is -0.931. The summed E-state index contributed by atoms with van der Waals surface area (Å²) in [5, 5.41) is 2.72. The van der Waals surface area contributed by atoms with Crippen LogP contribution in [0.4, 0.5) is 4.79 Å². The molecule has 0 heterocycles. The summed E-state index contributed by atoms with van der Waals surface area (Å²) in [4.78, 5) is 23.4. The van der Waals surface area contributed by atoms with Crippen molar-refractivity contribution in [1.29, 1.82) is 0 Å². The van der Waals surface area contributed by atoms with Crippen LogP contribution < -0.4 is 10.1 Å². The van der Waals surface area contributed by atoms with E-state index in [4.69, 9.17) is 14.2 Å². The number of hydrogen-bond donors (Lipinski definition) is 1. The molecule has 1 N–H and O–H groups in total. The van der Waals surface area contributed by atoms with Crippen LogP contribution in [0.5, 0.6) is 5.75 Å². The molecule has 2 aromatic rings. The molecule has 0 bridgehead atoms. The molecule has 0 spiro atoms. The zero-order chi connectivity index (χ0) is 21.3. The van der Waals surface area contributed by atoms with Gasteiger partial charge in [-0.25, -0.2) is 9.59 Å². The fourth-order valence-corrected chi connectivity index (χ4v) is 2.42. The Morgan fingerprint density at radius 1 is 1.00 bits per heavy atom. The molecule has 0 saturated heterocycles. The van der Waals surface area contributed by atoms with Crippen LogP contribution in [-0.4, -0.2) is 38.1 Å². The maximum atomic E-state index is 11.9. The molecule has 1 atom stereocenters. The first-order chi connectivity index (χ1) is 13.8. The van der Waals surface area contributed by atoms with Crippen LogP contribution in [0.25, 0.3) is 0 Å². The lowest BCUT2D eigenvalue weighted by atomic mass is 10.1. The number of methoxy groups -OCH3 is 1. The zero-order valence-corrected chi connectivity index (χ0v) is 17.1.